The van der Waals surface area contributed by atoms with E-state index in [0.717, 1.165) is 30.9 Å². The summed E-state index contributed by atoms with van der Waals surface area (Å²) in [5.74, 6) is 0.549. The van der Waals surface area contributed by atoms with Crippen molar-refractivity contribution in [2.24, 2.45) is 11.3 Å². The molecule has 1 fully saturated rings. The van der Waals surface area contributed by atoms with Crippen molar-refractivity contribution in [3.63, 3.8) is 0 Å². The van der Waals surface area contributed by atoms with Crippen molar-refractivity contribution in [1.82, 2.24) is 15.6 Å². The lowest BCUT2D eigenvalue weighted by Gasteiger charge is -2.35. The van der Waals surface area contributed by atoms with Crippen molar-refractivity contribution < 1.29 is 4.79 Å². The Morgan fingerprint density at radius 2 is 2.42 bits per heavy atom. The first kappa shape index (κ1) is 14.5. The van der Waals surface area contributed by atoms with E-state index >= 15 is 0 Å². The zero-order chi connectivity index (χ0) is 13.9. The fourth-order valence-electron chi connectivity index (χ4n) is 2.52. The number of thiazole rings is 1. The van der Waals surface area contributed by atoms with E-state index in [9.17, 15) is 4.79 Å². The zero-order valence-corrected chi connectivity index (χ0v) is 12.8. The fourth-order valence-corrected chi connectivity index (χ4v) is 3.25. The maximum atomic E-state index is 12.4. The Morgan fingerprint density at radius 1 is 1.63 bits per heavy atom. The van der Waals surface area contributed by atoms with Gasteiger partial charge in [-0.3, -0.25) is 4.79 Å². The molecule has 1 aliphatic rings. The highest BCUT2D eigenvalue weighted by Crippen LogP contribution is 2.32. The van der Waals surface area contributed by atoms with E-state index in [1.54, 1.807) is 11.3 Å². The molecule has 1 aromatic heterocycles. The van der Waals surface area contributed by atoms with E-state index in [4.69, 9.17) is 0 Å². The van der Waals surface area contributed by atoms with Crippen LogP contribution in [0.4, 0.5) is 0 Å². The molecule has 1 amide bonds. The molecule has 1 aliphatic heterocycles. The minimum atomic E-state index is -0.320. The second-order valence-electron chi connectivity index (χ2n) is 5.81. The lowest BCUT2D eigenvalue weighted by molar-refractivity contribution is -0.132. The van der Waals surface area contributed by atoms with Gasteiger partial charge < -0.3 is 10.6 Å². The van der Waals surface area contributed by atoms with Crippen LogP contribution in [0.1, 0.15) is 36.6 Å². The van der Waals surface area contributed by atoms with Gasteiger partial charge >= 0.3 is 0 Å². The van der Waals surface area contributed by atoms with Crippen LogP contribution in [0.3, 0.4) is 0 Å². The predicted octanol–water partition coefficient (Wildman–Crippen LogP) is 2.09. The molecule has 1 atom stereocenters. The maximum Gasteiger partial charge on any atom is 0.226 e. The molecule has 2 rings (SSSR count). The normalized spacial score (nSPS) is 20.3. The lowest BCUT2D eigenvalue weighted by Crippen LogP contribution is -2.47. The molecule has 0 spiro atoms. The maximum absolute atomic E-state index is 12.4. The summed E-state index contributed by atoms with van der Waals surface area (Å²) in [5.41, 5.74) is -0.320. The molecule has 2 heterocycles. The van der Waals surface area contributed by atoms with Gasteiger partial charge in [-0.1, -0.05) is 13.8 Å². The van der Waals surface area contributed by atoms with Crippen molar-refractivity contribution in [1.29, 1.82) is 0 Å². The first-order chi connectivity index (χ1) is 9.00. The Balaban J connectivity index is 1.90. The van der Waals surface area contributed by atoms with Gasteiger partial charge in [0.15, 0.2) is 0 Å². The highest BCUT2D eigenvalue weighted by Gasteiger charge is 2.37. The molecule has 2 N–H and O–H groups in total. The van der Waals surface area contributed by atoms with Crippen LogP contribution in [-0.4, -0.2) is 24.0 Å². The Kier molecular flexibility index (Phi) is 4.58. The summed E-state index contributed by atoms with van der Waals surface area (Å²) in [5, 5.41) is 7.39. The van der Waals surface area contributed by atoms with Crippen LogP contribution in [-0.2, 0) is 11.3 Å². The number of rotatable bonds is 4. The van der Waals surface area contributed by atoms with Crippen molar-refractivity contribution in [2.75, 3.05) is 13.1 Å². The van der Waals surface area contributed by atoms with E-state index in [2.05, 4.69) is 15.6 Å². The number of aryl methyl sites for hydroxylation is 1. The predicted molar refractivity (Wildman–Crippen MR) is 78.1 cm³/mol. The number of nitrogens with one attached hydrogen (secondary N) is 2. The summed E-state index contributed by atoms with van der Waals surface area (Å²) in [6.45, 7) is 8.69. The summed E-state index contributed by atoms with van der Waals surface area (Å²) in [6, 6.07) is 0. The molecule has 1 aromatic rings. The molecule has 19 heavy (non-hydrogen) atoms. The molecule has 106 valence electrons. The Labute approximate surface area is 119 Å². The Morgan fingerprint density at radius 3 is 3.00 bits per heavy atom. The summed E-state index contributed by atoms with van der Waals surface area (Å²) in [7, 11) is 0. The van der Waals surface area contributed by atoms with Crippen molar-refractivity contribution in [3.8, 4) is 0 Å². The molecular weight excluding hydrogens is 258 g/mol. The lowest BCUT2D eigenvalue weighted by atomic mass is 9.74. The average Bonchev–Trinajstić information content (AvgIpc) is 2.82. The molecule has 0 bridgehead atoms. The number of piperidine rings is 1. The molecule has 1 unspecified atom stereocenters. The van der Waals surface area contributed by atoms with Crippen LogP contribution < -0.4 is 10.6 Å². The van der Waals surface area contributed by atoms with Gasteiger partial charge in [-0.15, -0.1) is 11.3 Å². The SMILES string of the molecule is Cc1cnc(CNC(=O)C(C)(C)C2CCCNC2)s1. The van der Waals surface area contributed by atoms with Crippen molar-refractivity contribution >= 4 is 17.2 Å². The molecule has 0 aliphatic carbocycles. The minimum absolute atomic E-state index is 0.133. The minimum Gasteiger partial charge on any atom is -0.349 e. The number of nitrogens with zero attached hydrogens (tertiary/aromatic N) is 1. The van der Waals surface area contributed by atoms with Gasteiger partial charge in [0.25, 0.3) is 0 Å². The van der Waals surface area contributed by atoms with Crippen LogP contribution >= 0.6 is 11.3 Å². The third-order valence-electron chi connectivity index (χ3n) is 3.97. The summed E-state index contributed by atoms with van der Waals surface area (Å²) in [6.07, 6.45) is 4.14. The van der Waals surface area contributed by atoms with E-state index in [0.29, 0.717) is 12.5 Å². The summed E-state index contributed by atoms with van der Waals surface area (Å²) < 4.78 is 0. The Bertz CT molecular complexity index is 436. The standard InChI is InChI=1S/C14H23N3OS/c1-10-7-16-12(19-10)9-17-13(18)14(2,3)11-5-4-6-15-8-11/h7,11,15H,4-6,8-9H2,1-3H3,(H,17,18). The van der Waals surface area contributed by atoms with E-state index in [1.807, 2.05) is 27.0 Å². The van der Waals surface area contributed by atoms with Crippen molar-refractivity contribution in [3.05, 3.63) is 16.1 Å². The number of hydrogen-bond acceptors (Lipinski definition) is 4. The molecular formula is C14H23N3OS. The average molecular weight is 281 g/mol. The van der Waals surface area contributed by atoms with Gasteiger partial charge in [0.2, 0.25) is 5.91 Å². The number of carbonyl (C=O) groups is 1. The first-order valence-electron chi connectivity index (χ1n) is 6.90. The molecule has 0 saturated carbocycles. The highest BCUT2D eigenvalue weighted by atomic mass is 32.1. The van der Waals surface area contributed by atoms with Crippen LogP contribution in [0.2, 0.25) is 0 Å². The molecule has 0 aromatic carbocycles. The largest absolute Gasteiger partial charge is 0.349 e. The third kappa shape index (κ3) is 3.54. The first-order valence-corrected chi connectivity index (χ1v) is 7.72. The smallest absolute Gasteiger partial charge is 0.226 e. The number of aromatic nitrogens is 1. The van der Waals surface area contributed by atoms with E-state index < -0.39 is 0 Å². The number of carbonyl (C=O) groups excluding carboxylic acids is 1. The van der Waals surface area contributed by atoms with Crippen LogP contribution in [0.25, 0.3) is 0 Å². The topological polar surface area (TPSA) is 54.0 Å². The van der Waals surface area contributed by atoms with E-state index in [-0.39, 0.29) is 11.3 Å². The van der Waals surface area contributed by atoms with Crippen LogP contribution in [0.15, 0.2) is 6.20 Å². The molecule has 0 radical (unpaired) electrons. The van der Waals surface area contributed by atoms with E-state index in [1.165, 1.54) is 4.88 Å². The van der Waals surface area contributed by atoms with Gasteiger partial charge in [-0.25, -0.2) is 4.98 Å². The van der Waals surface area contributed by atoms with Gasteiger partial charge in [0.05, 0.1) is 6.54 Å². The molecule has 1 saturated heterocycles. The zero-order valence-electron chi connectivity index (χ0n) is 12.0. The van der Waals surface area contributed by atoms with Gasteiger partial charge in [0.1, 0.15) is 5.01 Å². The highest BCUT2D eigenvalue weighted by molar-refractivity contribution is 7.11. The number of amides is 1. The second kappa shape index (κ2) is 6.01. The fraction of sp³-hybridized carbons (Fsp3) is 0.714. The molecule has 4 nitrogen and oxygen atoms in total. The summed E-state index contributed by atoms with van der Waals surface area (Å²) >= 11 is 1.64. The quantitative estimate of drug-likeness (QED) is 0.888. The van der Waals surface area contributed by atoms with Gasteiger partial charge in [-0.05, 0) is 38.8 Å². The van der Waals surface area contributed by atoms with Crippen molar-refractivity contribution in [2.45, 2.75) is 40.2 Å². The van der Waals surface area contributed by atoms with Gasteiger partial charge in [0, 0.05) is 16.5 Å². The third-order valence-corrected chi connectivity index (χ3v) is 4.88. The molecule has 5 heteroatoms. The van der Waals surface area contributed by atoms with Crippen LogP contribution in [0, 0.1) is 18.3 Å². The van der Waals surface area contributed by atoms with Gasteiger partial charge in [-0.2, -0.15) is 0 Å². The van der Waals surface area contributed by atoms with Crippen LogP contribution in [0.5, 0.6) is 0 Å². The number of hydrogen-bond donors (Lipinski definition) is 2. The Hall–Kier alpha value is -0.940. The summed E-state index contributed by atoms with van der Waals surface area (Å²) in [4.78, 5) is 17.8. The second-order valence-corrected chi connectivity index (χ2v) is 7.13. The monoisotopic (exact) mass is 281 g/mol.